The lowest BCUT2D eigenvalue weighted by Gasteiger charge is -2.17. The van der Waals surface area contributed by atoms with Gasteiger partial charge in [0.25, 0.3) is 5.91 Å². The average molecular weight is 358 g/mol. The van der Waals surface area contributed by atoms with E-state index >= 15 is 0 Å². The topological polar surface area (TPSA) is 59.5 Å². The molecular weight excluding hydrogens is 336 g/mol. The second-order valence-corrected chi connectivity index (χ2v) is 6.71. The van der Waals surface area contributed by atoms with Gasteiger partial charge in [0.1, 0.15) is 0 Å². The zero-order valence-electron chi connectivity index (χ0n) is 14.7. The van der Waals surface area contributed by atoms with Gasteiger partial charge in [-0.1, -0.05) is 31.2 Å². The van der Waals surface area contributed by atoms with E-state index in [9.17, 15) is 9.59 Å². The highest BCUT2D eigenvalue weighted by Crippen LogP contribution is 2.09. The fourth-order valence-electron chi connectivity index (χ4n) is 2.14. The molecule has 0 fully saturated rings. The summed E-state index contributed by atoms with van der Waals surface area (Å²) in [7, 11) is 1.69. The predicted octanol–water partition coefficient (Wildman–Crippen LogP) is 3.23. The molecule has 132 valence electrons. The van der Waals surface area contributed by atoms with Gasteiger partial charge in [0, 0.05) is 25.0 Å². The van der Waals surface area contributed by atoms with Gasteiger partial charge in [-0.2, -0.15) is 0 Å². The summed E-state index contributed by atoms with van der Waals surface area (Å²) in [5.74, 6) is -0.800. The summed E-state index contributed by atoms with van der Waals surface area (Å²) in [5, 5.41) is 2.78. The number of rotatable bonds is 7. The van der Waals surface area contributed by atoms with Crippen LogP contribution in [0.3, 0.4) is 0 Å². The quantitative estimate of drug-likeness (QED) is 0.563. The van der Waals surface area contributed by atoms with E-state index in [1.54, 1.807) is 18.0 Å². The molecule has 0 aliphatic carbocycles. The van der Waals surface area contributed by atoms with Crippen LogP contribution in [0.25, 0.3) is 6.08 Å². The molecule has 5 nitrogen and oxygen atoms in total. The van der Waals surface area contributed by atoms with Crippen molar-refractivity contribution in [2.45, 2.75) is 26.8 Å². The highest BCUT2D eigenvalue weighted by molar-refractivity contribution is 7.09. The van der Waals surface area contributed by atoms with E-state index < -0.39 is 5.97 Å². The summed E-state index contributed by atoms with van der Waals surface area (Å²) >= 11 is 1.51. The molecule has 1 amide bonds. The van der Waals surface area contributed by atoms with Crippen LogP contribution in [0.5, 0.6) is 0 Å². The van der Waals surface area contributed by atoms with Crippen molar-refractivity contribution >= 4 is 29.3 Å². The van der Waals surface area contributed by atoms with Gasteiger partial charge in [-0.05, 0) is 30.5 Å². The molecule has 0 saturated heterocycles. The van der Waals surface area contributed by atoms with Gasteiger partial charge in [0.15, 0.2) is 6.61 Å². The summed E-state index contributed by atoms with van der Waals surface area (Å²) < 4.78 is 4.99. The first kappa shape index (κ1) is 18.9. The Hall–Kier alpha value is -2.47. The van der Waals surface area contributed by atoms with E-state index in [0.29, 0.717) is 12.2 Å². The van der Waals surface area contributed by atoms with Crippen molar-refractivity contribution < 1.29 is 14.3 Å². The number of hydrogen-bond acceptors (Lipinski definition) is 5. The number of carbonyl (C=O) groups excluding carboxylic acids is 2. The summed E-state index contributed by atoms with van der Waals surface area (Å²) in [4.78, 5) is 29.5. The molecule has 0 atom stereocenters. The lowest BCUT2D eigenvalue weighted by atomic mass is 10.1. The lowest BCUT2D eigenvalue weighted by molar-refractivity contribution is -0.147. The number of carbonyl (C=O) groups is 2. The van der Waals surface area contributed by atoms with Crippen LogP contribution in [0.4, 0.5) is 0 Å². The van der Waals surface area contributed by atoms with Crippen molar-refractivity contribution in [2.75, 3.05) is 13.7 Å². The molecule has 0 radical (unpaired) electrons. The van der Waals surface area contributed by atoms with Crippen molar-refractivity contribution in [3.05, 3.63) is 57.6 Å². The Kier molecular flexibility index (Phi) is 6.89. The maximum Gasteiger partial charge on any atom is 0.331 e. The third kappa shape index (κ3) is 6.15. The smallest absolute Gasteiger partial charge is 0.331 e. The largest absolute Gasteiger partial charge is 0.452 e. The molecule has 1 aromatic carbocycles. The Labute approximate surface area is 152 Å². The van der Waals surface area contributed by atoms with Gasteiger partial charge >= 0.3 is 5.97 Å². The van der Waals surface area contributed by atoms with Crippen LogP contribution >= 0.6 is 11.3 Å². The summed E-state index contributed by atoms with van der Waals surface area (Å²) in [6.45, 7) is 4.20. The summed E-state index contributed by atoms with van der Waals surface area (Å²) in [5.41, 5.74) is 3.00. The van der Waals surface area contributed by atoms with Crippen molar-refractivity contribution in [3.63, 3.8) is 0 Å². The van der Waals surface area contributed by atoms with E-state index in [-0.39, 0.29) is 12.5 Å². The fourth-order valence-corrected chi connectivity index (χ4v) is 2.72. The minimum atomic E-state index is -0.556. The van der Waals surface area contributed by atoms with Crippen LogP contribution in [-0.2, 0) is 27.3 Å². The number of thiazole rings is 1. The molecule has 0 aliphatic rings. The van der Waals surface area contributed by atoms with Crippen LogP contribution in [-0.4, -0.2) is 35.4 Å². The highest BCUT2D eigenvalue weighted by Gasteiger charge is 2.11. The van der Waals surface area contributed by atoms with Gasteiger partial charge in [0.05, 0.1) is 10.7 Å². The minimum absolute atomic E-state index is 0.245. The van der Waals surface area contributed by atoms with E-state index in [4.69, 9.17) is 4.74 Å². The maximum atomic E-state index is 12.1. The van der Waals surface area contributed by atoms with Crippen LogP contribution in [0.1, 0.15) is 28.8 Å². The maximum absolute atomic E-state index is 12.1. The Morgan fingerprint density at radius 2 is 1.92 bits per heavy atom. The molecule has 0 aliphatic heterocycles. The number of likely N-dealkylation sites (N-methyl/N-ethyl adjacent to an activating group) is 1. The monoisotopic (exact) mass is 358 g/mol. The number of hydrogen-bond donors (Lipinski definition) is 0. The summed E-state index contributed by atoms with van der Waals surface area (Å²) in [6.07, 6.45) is 3.85. The van der Waals surface area contributed by atoms with Crippen LogP contribution in [0.2, 0.25) is 0 Å². The number of amides is 1. The fraction of sp³-hybridized carbons (Fsp3) is 0.316. The Bertz CT molecular complexity index is 750. The zero-order valence-corrected chi connectivity index (χ0v) is 15.5. The first-order valence-electron chi connectivity index (χ1n) is 8.06. The van der Waals surface area contributed by atoms with Gasteiger partial charge < -0.3 is 9.64 Å². The van der Waals surface area contributed by atoms with Crippen molar-refractivity contribution in [2.24, 2.45) is 0 Å². The molecular formula is C19H22N2O3S. The predicted molar refractivity (Wildman–Crippen MR) is 99.1 cm³/mol. The van der Waals surface area contributed by atoms with E-state index in [1.165, 1.54) is 23.0 Å². The third-order valence-corrected chi connectivity index (χ3v) is 4.43. The second-order valence-electron chi connectivity index (χ2n) is 5.65. The molecule has 0 spiro atoms. The third-order valence-electron chi connectivity index (χ3n) is 3.64. The molecule has 0 saturated carbocycles. The van der Waals surface area contributed by atoms with Gasteiger partial charge in [-0.15, -0.1) is 11.3 Å². The minimum Gasteiger partial charge on any atom is -0.452 e. The molecule has 2 rings (SSSR count). The number of ether oxygens (including phenoxy) is 1. The van der Waals surface area contributed by atoms with Crippen LogP contribution < -0.4 is 0 Å². The number of aromatic nitrogens is 1. The first-order valence-corrected chi connectivity index (χ1v) is 8.94. The van der Waals surface area contributed by atoms with E-state index in [1.807, 2.05) is 24.4 Å². The van der Waals surface area contributed by atoms with Crippen molar-refractivity contribution in [3.8, 4) is 0 Å². The zero-order chi connectivity index (χ0) is 18.2. The van der Waals surface area contributed by atoms with Gasteiger partial charge in [-0.3, -0.25) is 4.79 Å². The number of benzene rings is 1. The lowest BCUT2D eigenvalue weighted by Crippen LogP contribution is -2.30. The first-order chi connectivity index (χ1) is 12.0. The average Bonchev–Trinajstić information content (AvgIpc) is 3.03. The van der Waals surface area contributed by atoms with Crippen LogP contribution in [0, 0.1) is 6.92 Å². The number of esters is 1. The van der Waals surface area contributed by atoms with Crippen molar-refractivity contribution in [1.29, 1.82) is 0 Å². The Morgan fingerprint density at radius 1 is 1.24 bits per heavy atom. The molecule has 1 aromatic heterocycles. The standard InChI is InChI=1S/C19H22N2O3S/c1-4-15-5-7-16(8-6-15)11-21(3)18(22)12-24-19(23)10-9-17-13-25-14(2)20-17/h5-10,13H,4,11-12H2,1-3H3/b10-9+. The number of aryl methyl sites for hydroxylation is 2. The van der Waals surface area contributed by atoms with Gasteiger partial charge in [0.2, 0.25) is 0 Å². The highest BCUT2D eigenvalue weighted by atomic mass is 32.1. The normalized spacial score (nSPS) is 10.8. The Balaban J connectivity index is 1.78. The molecule has 0 unspecified atom stereocenters. The molecule has 2 aromatic rings. The molecule has 6 heteroatoms. The number of nitrogens with zero attached hydrogens (tertiary/aromatic N) is 2. The SMILES string of the molecule is CCc1ccc(CN(C)C(=O)COC(=O)/C=C/c2csc(C)n2)cc1. The Morgan fingerprint density at radius 3 is 2.52 bits per heavy atom. The molecule has 0 N–H and O–H groups in total. The second kappa shape index (κ2) is 9.13. The summed E-state index contributed by atoms with van der Waals surface area (Å²) in [6, 6.07) is 8.12. The molecule has 0 bridgehead atoms. The van der Waals surface area contributed by atoms with E-state index in [0.717, 1.165) is 17.0 Å². The van der Waals surface area contributed by atoms with Crippen LogP contribution in [0.15, 0.2) is 35.7 Å². The van der Waals surface area contributed by atoms with E-state index in [2.05, 4.69) is 24.0 Å². The van der Waals surface area contributed by atoms with Crippen molar-refractivity contribution in [1.82, 2.24) is 9.88 Å². The molecule has 25 heavy (non-hydrogen) atoms. The molecule has 1 heterocycles. The van der Waals surface area contributed by atoms with Gasteiger partial charge in [-0.25, -0.2) is 9.78 Å².